The molecule has 0 saturated carbocycles. The molecular formula is C17H19BrN4O2. The molecular weight excluding hydrogens is 372 g/mol. The van der Waals surface area contributed by atoms with Crippen LogP contribution in [0, 0.1) is 19.8 Å². The molecule has 6 nitrogen and oxygen atoms in total. The van der Waals surface area contributed by atoms with E-state index in [1.165, 1.54) is 0 Å². The fraction of sp³-hybridized carbons (Fsp3) is 0.353. The number of aromatic nitrogens is 2. The highest BCUT2D eigenvalue weighted by atomic mass is 79.9. The smallest absolute Gasteiger partial charge is 0.229 e. The van der Waals surface area contributed by atoms with Gasteiger partial charge in [0.15, 0.2) is 0 Å². The highest BCUT2D eigenvalue weighted by Gasteiger charge is 2.35. The molecule has 0 bridgehead atoms. The summed E-state index contributed by atoms with van der Waals surface area (Å²) in [7, 11) is 1.84. The molecule has 7 heteroatoms. The van der Waals surface area contributed by atoms with Crippen molar-refractivity contribution in [2.24, 2.45) is 13.0 Å². The molecule has 1 N–H and O–H groups in total. The average Bonchev–Trinajstić information content (AvgIpc) is 3.04. The van der Waals surface area contributed by atoms with Gasteiger partial charge in [0.25, 0.3) is 0 Å². The van der Waals surface area contributed by atoms with Gasteiger partial charge in [-0.2, -0.15) is 5.10 Å². The van der Waals surface area contributed by atoms with Crippen LogP contribution in [0.5, 0.6) is 0 Å². The largest absolute Gasteiger partial charge is 0.323 e. The van der Waals surface area contributed by atoms with Gasteiger partial charge < -0.3 is 10.2 Å². The number of anilines is 2. The van der Waals surface area contributed by atoms with Gasteiger partial charge in [-0.3, -0.25) is 14.3 Å². The Kier molecular flexibility index (Phi) is 4.45. The van der Waals surface area contributed by atoms with Crippen LogP contribution in [0.25, 0.3) is 0 Å². The fourth-order valence-corrected chi connectivity index (χ4v) is 3.20. The molecule has 0 unspecified atom stereocenters. The zero-order valence-electron chi connectivity index (χ0n) is 13.8. The van der Waals surface area contributed by atoms with Crippen LogP contribution >= 0.6 is 15.9 Å². The van der Waals surface area contributed by atoms with Gasteiger partial charge in [0, 0.05) is 30.2 Å². The minimum absolute atomic E-state index is 0.0305. The van der Waals surface area contributed by atoms with E-state index in [9.17, 15) is 9.59 Å². The van der Waals surface area contributed by atoms with E-state index in [-0.39, 0.29) is 24.2 Å². The Balaban J connectivity index is 1.73. The van der Waals surface area contributed by atoms with E-state index < -0.39 is 0 Å². The lowest BCUT2D eigenvalue weighted by Gasteiger charge is -2.17. The average molecular weight is 391 g/mol. The van der Waals surface area contributed by atoms with E-state index in [1.807, 2.05) is 45.2 Å². The second-order valence-electron chi connectivity index (χ2n) is 6.04. The number of halogens is 1. The summed E-state index contributed by atoms with van der Waals surface area (Å²) in [6.45, 7) is 4.16. The van der Waals surface area contributed by atoms with Gasteiger partial charge in [-0.25, -0.2) is 0 Å². The van der Waals surface area contributed by atoms with Gasteiger partial charge in [-0.05, 0) is 38.1 Å². The third kappa shape index (κ3) is 3.08. The quantitative estimate of drug-likeness (QED) is 0.875. The van der Waals surface area contributed by atoms with Crippen molar-refractivity contribution in [3.8, 4) is 0 Å². The summed E-state index contributed by atoms with van der Waals surface area (Å²) in [5, 5.41) is 7.23. The van der Waals surface area contributed by atoms with E-state index in [4.69, 9.17) is 0 Å². The van der Waals surface area contributed by atoms with Gasteiger partial charge in [0.05, 0.1) is 23.0 Å². The number of carbonyl (C=O) groups is 2. The zero-order valence-corrected chi connectivity index (χ0v) is 15.4. The SMILES string of the molecule is Cc1nn(C)c(C)c1NC(=O)[C@H]1CC(=O)N(c2ccc(Br)cc2)C1. The second-order valence-corrected chi connectivity index (χ2v) is 6.96. The van der Waals surface area contributed by atoms with Crippen molar-refractivity contribution in [1.29, 1.82) is 0 Å². The van der Waals surface area contributed by atoms with Gasteiger partial charge in [0.1, 0.15) is 0 Å². The van der Waals surface area contributed by atoms with Crippen molar-refractivity contribution < 1.29 is 9.59 Å². The summed E-state index contributed by atoms with van der Waals surface area (Å²) in [4.78, 5) is 26.5. The number of benzene rings is 1. The van der Waals surface area contributed by atoms with E-state index in [2.05, 4.69) is 26.3 Å². The number of amides is 2. The fourth-order valence-electron chi connectivity index (χ4n) is 2.93. The molecule has 2 amide bonds. The molecule has 1 atom stereocenters. The standard InChI is InChI=1S/C17H19BrN4O2/c1-10-16(11(2)21(3)20-10)19-17(24)12-8-15(23)22(9-12)14-6-4-13(18)5-7-14/h4-7,12H,8-9H2,1-3H3,(H,19,24)/t12-/m0/s1. The normalized spacial score (nSPS) is 17.4. The van der Waals surface area contributed by atoms with Crippen molar-refractivity contribution >= 4 is 39.1 Å². The summed E-state index contributed by atoms with van der Waals surface area (Å²) >= 11 is 3.38. The number of nitrogens with zero attached hydrogens (tertiary/aromatic N) is 3. The maximum absolute atomic E-state index is 12.6. The molecule has 0 aliphatic carbocycles. The maximum Gasteiger partial charge on any atom is 0.229 e. The Bertz CT molecular complexity index is 798. The maximum atomic E-state index is 12.6. The van der Waals surface area contributed by atoms with Crippen LogP contribution in [-0.2, 0) is 16.6 Å². The number of hydrogen-bond donors (Lipinski definition) is 1. The molecule has 2 aromatic rings. The lowest BCUT2D eigenvalue weighted by Crippen LogP contribution is -2.28. The minimum Gasteiger partial charge on any atom is -0.323 e. The van der Waals surface area contributed by atoms with Gasteiger partial charge in [-0.1, -0.05) is 15.9 Å². The monoisotopic (exact) mass is 390 g/mol. The Morgan fingerprint density at radius 2 is 1.96 bits per heavy atom. The number of rotatable bonds is 3. The molecule has 1 aliphatic rings. The first-order valence-corrected chi connectivity index (χ1v) is 8.53. The van der Waals surface area contributed by atoms with Crippen molar-refractivity contribution in [3.05, 3.63) is 40.1 Å². The van der Waals surface area contributed by atoms with Crippen molar-refractivity contribution in [2.75, 3.05) is 16.8 Å². The second kappa shape index (κ2) is 6.39. The summed E-state index contributed by atoms with van der Waals surface area (Å²) < 4.78 is 2.69. The first-order chi connectivity index (χ1) is 11.4. The predicted molar refractivity (Wildman–Crippen MR) is 95.9 cm³/mol. The molecule has 24 heavy (non-hydrogen) atoms. The van der Waals surface area contributed by atoms with Crippen molar-refractivity contribution in [2.45, 2.75) is 20.3 Å². The highest BCUT2D eigenvalue weighted by Crippen LogP contribution is 2.28. The summed E-state index contributed by atoms with van der Waals surface area (Å²) in [6, 6.07) is 7.52. The van der Waals surface area contributed by atoms with Crippen LogP contribution in [0.3, 0.4) is 0 Å². The molecule has 1 aromatic carbocycles. The Hall–Kier alpha value is -2.15. The highest BCUT2D eigenvalue weighted by molar-refractivity contribution is 9.10. The molecule has 1 fully saturated rings. The zero-order chi connectivity index (χ0) is 17.4. The van der Waals surface area contributed by atoms with E-state index in [0.717, 1.165) is 27.2 Å². The lowest BCUT2D eigenvalue weighted by atomic mass is 10.1. The van der Waals surface area contributed by atoms with Gasteiger partial charge in [0.2, 0.25) is 11.8 Å². The first-order valence-electron chi connectivity index (χ1n) is 7.74. The number of aryl methyl sites for hydroxylation is 2. The number of nitrogens with one attached hydrogen (secondary N) is 1. The van der Waals surface area contributed by atoms with Crippen LogP contribution < -0.4 is 10.2 Å². The predicted octanol–water partition coefficient (Wildman–Crippen LogP) is 2.79. The van der Waals surface area contributed by atoms with E-state index in [1.54, 1.807) is 9.58 Å². The Labute approximate surface area is 149 Å². The van der Waals surface area contributed by atoms with E-state index in [0.29, 0.717) is 6.54 Å². The van der Waals surface area contributed by atoms with Gasteiger partial charge >= 0.3 is 0 Å². The lowest BCUT2D eigenvalue weighted by molar-refractivity contribution is -0.122. The van der Waals surface area contributed by atoms with Crippen LogP contribution in [0.2, 0.25) is 0 Å². The molecule has 2 heterocycles. The number of carbonyl (C=O) groups excluding carboxylic acids is 2. The number of hydrogen-bond acceptors (Lipinski definition) is 3. The Morgan fingerprint density at radius 1 is 1.29 bits per heavy atom. The summed E-state index contributed by atoms with van der Waals surface area (Å²) in [6.07, 6.45) is 0.222. The summed E-state index contributed by atoms with van der Waals surface area (Å²) in [5.74, 6) is -0.528. The topological polar surface area (TPSA) is 67.2 Å². The molecule has 1 aromatic heterocycles. The molecule has 0 radical (unpaired) electrons. The molecule has 1 aliphatic heterocycles. The third-order valence-electron chi connectivity index (χ3n) is 4.39. The third-order valence-corrected chi connectivity index (χ3v) is 4.92. The van der Waals surface area contributed by atoms with E-state index >= 15 is 0 Å². The Morgan fingerprint density at radius 3 is 2.54 bits per heavy atom. The van der Waals surface area contributed by atoms with Crippen LogP contribution in [0.4, 0.5) is 11.4 Å². The molecule has 126 valence electrons. The van der Waals surface area contributed by atoms with Gasteiger partial charge in [-0.15, -0.1) is 0 Å². The van der Waals surface area contributed by atoms with Crippen molar-refractivity contribution in [1.82, 2.24) is 9.78 Å². The molecule has 3 rings (SSSR count). The first kappa shape index (κ1) is 16.7. The molecule has 1 saturated heterocycles. The van der Waals surface area contributed by atoms with Crippen LogP contribution in [0.1, 0.15) is 17.8 Å². The minimum atomic E-state index is -0.361. The molecule has 0 spiro atoms. The van der Waals surface area contributed by atoms with Crippen LogP contribution in [-0.4, -0.2) is 28.1 Å². The summed E-state index contributed by atoms with van der Waals surface area (Å²) in [5.41, 5.74) is 3.22. The van der Waals surface area contributed by atoms with Crippen LogP contribution in [0.15, 0.2) is 28.7 Å². The van der Waals surface area contributed by atoms with Crippen molar-refractivity contribution in [3.63, 3.8) is 0 Å².